The van der Waals surface area contributed by atoms with E-state index in [0.717, 1.165) is 22.8 Å². The summed E-state index contributed by atoms with van der Waals surface area (Å²) in [6.45, 7) is 0. The first-order valence-corrected chi connectivity index (χ1v) is 9.96. The van der Waals surface area contributed by atoms with E-state index in [1.807, 2.05) is 0 Å². The third-order valence-corrected chi connectivity index (χ3v) is 9.33. The summed E-state index contributed by atoms with van der Waals surface area (Å²) in [5, 5.41) is 2.44. The van der Waals surface area contributed by atoms with E-state index in [9.17, 15) is 9.36 Å². The Morgan fingerprint density at radius 3 is 2.08 bits per heavy atom. The van der Waals surface area contributed by atoms with Gasteiger partial charge in [0.15, 0.2) is 0 Å². The van der Waals surface area contributed by atoms with E-state index >= 15 is 0 Å². The molecule has 12 heavy (non-hydrogen) atoms. The van der Waals surface area contributed by atoms with E-state index in [2.05, 4.69) is 36.9 Å². The summed E-state index contributed by atoms with van der Waals surface area (Å²) >= 11 is 8.36. The summed E-state index contributed by atoms with van der Waals surface area (Å²) in [6.07, 6.45) is 3.41. The van der Waals surface area contributed by atoms with Crippen LogP contribution in [0.25, 0.3) is 0 Å². The third-order valence-electron chi connectivity index (χ3n) is 0.926. The molecule has 1 amide bonds. The van der Waals surface area contributed by atoms with Crippen LogP contribution in [0, 0.1) is 0 Å². The second kappa shape index (κ2) is 5.96. The Bertz CT molecular complexity index is 205. The summed E-state index contributed by atoms with van der Waals surface area (Å²) in [4.78, 5) is 11.1. The van der Waals surface area contributed by atoms with Crippen molar-refractivity contribution in [3.63, 3.8) is 0 Å². The van der Waals surface area contributed by atoms with Crippen molar-refractivity contribution in [3.05, 3.63) is 0 Å². The molecule has 1 N–H and O–H groups in total. The molecule has 0 radical (unpaired) electrons. The van der Waals surface area contributed by atoms with Crippen molar-refractivity contribution in [2.75, 3.05) is 12.5 Å². The first-order chi connectivity index (χ1) is 5.45. The fourth-order valence-corrected chi connectivity index (χ4v) is 4.54. The first kappa shape index (κ1) is 13.4. The molecule has 0 saturated carbocycles. The number of carbonyl (C=O) groups is 1. The van der Waals surface area contributed by atoms with Crippen molar-refractivity contribution >= 4 is 66.2 Å². The number of carbonyl (C=O) groups excluding carboxylic acids is 1. The molecule has 0 spiro atoms. The molecule has 0 aliphatic rings. The zero-order chi connectivity index (χ0) is 9.78. The summed E-state index contributed by atoms with van der Waals surface area (Å²) in [6, 6.07) is 0. The van der Waals surface area contributed by atoms with E-state index in [1.54, 1.807) is 12.5 Å². The Labute approximate surface area is 96.4 Å². The van der Waals surface area contributed by atoms with Crippen molar-refractivity contribution in [2.45, 2.75) is 3.74 Å². The lowest BCUT2D eigenvalue weighted by Crippen LogP contribution is -2.23. The van der Waals surface area contributed by atoms with Gasteiger partial charge in [0.05, 0.1) is 0 Å². The number of nitrogens with one attached hydrogen (secondary N) is 1. The minimum absolute atomic E-state index is 0.318. The van der Waals surface area contributed by atoms with Crippen LogP contribution in [-0.4, -0.2) is 22.2 Å². The fourth-order valence-electron chi connectivity index (χ4n) is 0.350. The first-order valence-electron chi connectivity index (χ1n) is 2.77. The maximum Gasteiger partial charge on any atom is 0.279 e. The molecular formula is C4H8Br2NO2PS2. The number of alkyl halides is 2. The maximum absolute atomic E-state index is 11.6. The minimum Gasteiger partial charge on any atom is -0.289 e. The number of hydrogen-bond donors (Lipinski definition) is 1. The molecule has 0 aromatic rings. The molecule has 0 aromatic heterocycles. The summed E-state index contributed by atoms with van der Waals surface area (Å²) in [7, 11) is 0. The number of rotatable bonds is 4. The van der Waals surface area contributed by atoms with Crippen molar-refractivity contribution in [2.24, 2.45) is 0 Å². The molecule has 0 atom stereocenters. The topological polar surface area (TPSA) is 46.2 Å². The van der Waals surface area contributed by atoms with Crippen molar-refractivity contribution in [1.29, 1.82) is 0 Å². The largest absolute Gasteiger partial charge is 0.289 e. The molecule has 8 heteroatoms. The summed E-state index contributed by atoms with van der Waals surface area (Å²) in [5.41, 5.74) is -2.62. The highest BCUT2D eigenvalue weighted by molar-refractivity contribution is 9.25. The lowest BCUT2D eigenvalue weighted by molar-refractivity contribution is -0.117. The van der Waals surface area contributed by atoms with E-state index in [0.29, 0.717) is 0 Å². The zero-order valence-electron chi connectivity index (χ0n) is 6.41. The molecule has 3 nitrogen and oxygen atoms in total. The molecule has 0 aliphatic heterocycles. The van der Waals surface area contributed by atoms with Gasteiger partial charge in [-0.15, -0.1) is 0 Å². The zero-order valence-corrected chi connectivity index (χ0v) is 12.1. The van der Waals surface area contributed by atoms with Gasteiger partial charge in [0.25, 0.3) is 11.6 Å². The van der Waals surface area contributed by atoms with Crippen LogP contribution in [0.1, 0.15) is 0 Å². The lowest BCUT2D eigenvalue weighted by atomic mass is 10.8. The van der Waals surface area contributed by atoms with Crippen LogP contribution in [0.5, 0.6) is 0 Å². The van der Waals surface area contributed by atoms with Crippen LogP contribution in [0.15, 0.2) is 0 Å². The highest BCUT2D eigenvalue weighted by Gasteiger charge is 2.24. The number of amides is 1. The van der Waals surface area contributed by atoms with Crippen LogP contribution in [0.4, 0.5) is 0 Å². The van der Waals surface area contributed by atoms with E-state index in [4.69, 9.17) is 0 Å². The van der Waals surface area contributed by atoms with Gasteiger partial charge in [-0.25, -0.2) is 0 Å². The number of halogens is 2. The van der Waals surface area contributed by atoms with Crippen LogP contribution < -0.4 is 5.09 Å². The lowest BCUT2D eigenvalue weighted by Gasteiger charge is -2.14. The van der Waals surface area contributed by atoms with Gasteiger partial charge in [-0.2, -0.15) is 0 Å². The predicted octanol–water partition coefficient (Wildman–Crippen LogP) is 3.05. The fraction of sp³-hybridized carbons (Fsp3) is 0.750. The third kappa shape index (κ3) is 4.56. The van der Waals surface area contributed by atoms with Crippen LogP contribution >= 0.6 is 60.3 Å². The van der Waals surface area contributed by atoms with Crippen LogP contribution in [-0.2, 0) is 9.36 Å². The molecule has 0 unspecified atom stereocenters. The average molecular weight is 357 g/mol. The summed E-state index contributed by atoms with van der Waals surface area (Å²) in [5.74, 6) is -0.318. The molecule has 0 saturated heterocycles. The molecule has 72 valence electrons. The number of hydrogen-bond acceptors (Lipinski definition) is 4. The monoisotopic (exact) mass is 355 g/mol. The normalized spacial score (nSPS) is 11.8. The van der Waals surface area contributed by atoms with Crippen molar-refractivity contribution in [1.82, 2.24) is 5.09 Å². The van der Waals surface area contributed by atoms with Gasteiger partial charge in [-0.05, 0) is 12.5 Å². The Morgan fingerprint density at radius 2 is 1.83 bits per heavy atom. The second-order valence-corrected chi connectivity index (χ2v) is 12.6. The highest BCUT2D eigenvalue weighted by atomic mass is 79.9. The van der Waals surface area contributed by atoms with Gasteiger partial charge in [-0.3, -0.25) is 14.4 Å². The molecule has 0 heterocycles. The predicted molar refractivity (Wildman–Crippen MR) is 64.4 cm³/mol. The Kier molecular flexibility index (Phi) is 6.63. The molecule has 0 aromatic carbocycles. The summed E-state index contributed by atoms with van der Waals surface area (Å²) < 4.78 is 11.1. The van der Waals surface area contributed by atoms with Gasteiger partial charge < -0.3 is 0 Å². The Balaban J connectivity index is 4.23. The van der Waals surface area contributed by atoms with Gasteiger partial charge in [0.2, 0.25) is 0 Å². The molecule has 0 aliphatic carbocycles. The van der Waals surface area contributed by atoms with Crippen molar-refractivity contribution in [3.8, 4) is 0 Å². The van der Waals surface area contributed by atoms with Gasteiger partial charge in [0, 0.05) is 0 Å². The standard InChI is InChI=1S/C4H8Br2NO2PS2/c1-11-10(9,12-2)7-4(8)3(5)6/h3H,1-2H3,(H,7,8,9). The molecule has 0 rings (SSSR count). The van der Waals surface area contributed by atoms with Gasteiger partial charge in [-0.1, -0.05) is 54.6 Å². The second-order valence-electron chi connectivity index (χ2n) is 1.64. The van der Waals surface area contributed by atoms with Crippen LogP contribution in [0.2, 0.25) is 0 Å². The van der Waals surface area contributed by atoms with Crippen molar-refractivity contribution < 1.29 is 9.36 Å². The molecule has 0 bridgehead atoms. The Morgan fingerprint density at radius 1 is 1.42 bits per heavy atom. The smallest absolute Gasteiger partial charge is 0.279 e. The van der Waals surface area contributed by atoms with E-state index < -0.39 is 9.43 Å². The molecule has 0 fully saturated rings. The van der Waals surface area contributed by atoms with E-state index in [1.165, 1.54) is 0 Å². The maximum atomic E-state index is 11.6. The average Bonchev–Trinajstić information content (AvgIpc) is 2.04. The molecular weight excluding hydrogens is 349 g/mol. The quantitative estimate of drug-likeness (QED) is 0.621. The SMILES string of the molecule is CSP(=O)(NC(=O)C(Br)Br)SC. The van der Waals surface area contributed by atoms with Gasteiger partial charge >= 0.3 is 0 Å². The van der Waals surface area contributed by atoms with Gasteiger partial charge in [0.1, 0.15) is 3.74 Å². The van der Waals surface area contributed by atoms with E-state index in [-0.39, 0.29) is 5.91 Å². The highest BCUT2D eigenvalue weighted by Crippen LogP contribution is 2.63. The minimum atomic E-state index is -2.62. The van der Waals surface area contributed by atoms with Crippen LogP contribution in [0.3, 0.4) is 0 Å². The Hall–Kier alpha value is 1.36.